The van der Waals surface area contributed by atoms with E-state index in [-0.39, 0.29) is 0 Å². The fraction of sp³-hybridized carbons (Fsp3) is 0.333. The third kappa shape index (κ3) is 3.05. The minimum Gasteiger partial charge on any atom is -0.388 e. The molecule has 0 saturated carbocycles. The van der Waals surface area contributed by atoms with Gasteiger partial charge in [-0.3, -0.25) is 0 Å². The molecule has 1 heteroatoms. The quantitative estimate of drug-likeness (QED) is 0.870. The van der Waals surface area contributed by atoms with Crippen LogP contribution in [0.4, 0.5) is 0 Å². The molecule has 0 heterocycles. The average Bonchev–Trinajstić information content (AvgIpc) is 2.34. The van der Waals surface area contributed by atoms with Gasteiger partial charge >= 0.3 is 0 Å². The third-order valence-electron chi connectivity index (χ3n) is 3.79. The van der Waals surface area contributed by atoms with E-state index in [0.717, 1.165) is 11.1 Å². The summed E-state index contributed by atoms with van der Waals surface area (Å²) in [4.78, 5) is 0. The molecule has 0 saturated heterocycles. The second-order valence-electron chi connectivity index (χ2n) is 5.45. The summed E-state index contributed by atoms with van der Waals surface area (Å²) in [5, 5.41) is 10.5. The molecule has 2 aromatic rings. The van der Waals surface area contributed by atoms with Gasteiger partial charge in [-0.05, 0) is 55.5 Å². The van der Waals surface area contributed by atoms with Gasteiger partial charge in [0.1, 0.15) is 0 Å². The van der Waals surface area contributed by atoms with E-state index in [0.29, 0.717) is 6.42 Å². The van der Waals surface area contributed by atoms with E-state index in [2.05, 4.69) is 32.9 Å². The van der Waals surface area contributed by atoms with Crippen LogP contribution in [0.5, 0.6) is 0 Å². The molecule has 1 unspecified atom stereocenters. The monoisotopic (exact) mass is 254 g/mol. The fourth-order valence-corrected chi connectivity index (χ4v) is 2.80. The first-order valence-electron chi connectivity index (χ1n) is 6.79. The molecule has 1 nitrogen and oxygen atoms in total. The van der Waals surface area contributed by atoms with Crippen molar-refractivity contribution in [3.05, 3.63) is 69.8 Å². The van der Waals surface area contributed by atoms with Gasteiger partial charge in [0.15, 0.2) is 0 Å². The summed E-state index contributed by atoms with van der Waals surface area (Å²) in [6, 6.07) is 12.4. The summed E-state index contributed by atoms with van der Waals surface area (Å²) in [6.45, 7) is 8.41. The minimum atomic E-state index is -0.429. The van der Waals surface area contributed by atoms with Crippen LogP contribution in [0, 0.1) is 27.7 Å². The fourth-order valence-electron chi connectivity index (χ4n) is 2.80. The van der Waals surface area contributed by atoms with Gasteiger partial charge in [0.2, 0.25) is 0 Å². The molecule has 19 heavy (non-hydrogen) atoms. The maximum Gasteiger partial charge on any atom is 0.0833 e. The first kappa shape index (κ1) is 13.8. The molecular weight excluding hydrogens is 232 g/mol. The van der Waals surface area contributed by atoms with Gasteiger partial charge in [0.25, 0.3) is 0 Å². The number of hydrogen-bond acceptors (Lipinski definition) is 1. The molecule has 0 aromatic heterocycles. The lowest BCUT2D eigenvalue weighted by molar-refractivity contribution is 0.177. The van der Waals surface area contributed by atoms with Crippen LogP contribution in [0.25, 0.3) is 0 Å². The minimum absolute atomic E-state index is 0.429. The third-order valence-corrected chi connectivity index (χ3v) is 3.79. The van der Waals surface area contributed by atoms with Crippen molar-refractivity contribution < 1.29 is 5.11 Å². The Bertz CT molecular complexity index is 561. The molecule has 1 atom stereocenters. The van der Waals surface area contributed by atoms with Crippen molar-refractivity contribution in [1.29, 1.82) is 0 Å². The zero-order valence-corrected chi connectivity index (χ0v) is 12.2. The zero-order valence-electron chi connectivity index (χ0n) is 12.2. The highest BCUT2D eigenvalue weighted by Gasteiger charge is 2.13. The Labute approximate surface area is 115 Å². The van der Waals surface area contributed by atoms with Crippen LogP contribution in [-0.4, -0.2) is 5.11 Å². The van der Waals surface area contributed by atoms with Crippen LogP contribution in [0.2, 0.25) is 0 Å². The van der Waals surface area contributed by atoms with E-state index in [1.165, 1.54) is 22.3 Å². The van der Waals surface area contributed by atoms with Crippen molar-refractivity contribution in [2.75, 3.05) is 0 Å². The summed E-state index contributed by atoms with van der Waals surface area (Å²) in [7, 11) is 0. The first-order valence-corrected chi connectivity index (χ1v) is 6.79. The molecule has 0 spiro atoms. The molecule has 0 radical (unpaired) electrons. The van der Waals surface area contributed by atoms with E-state index in [1.807, 2.05) is 31.2 Å². The number of aliphatic hydroxyl groups excluding tert-OH is 1. The number of aliphatic hydroxyl groups is 1. The van der Waals surface area contributed by atoms with Crippen LogP contribution < -0.4 is 0 Å². The molecule has 0 bridgehead atoms. The van der Waals surface area contributed by atoms with E-state index in [4.69, 9.17) is 0 Å². The van der Waals surface area contributed by atoms with Gasteiger partial charge in [0.05, 0.1) is 6.10 Å². The highest BCUT2D eigenvalue weighted by molar-refractivity contribution is 5.39. The average molecular weight is 254 g/mol. The van der Waals surface area contributed by atoms with Gasteiger partial charge in [-0.25, -0.2) is 0 Å². The van der Waals surface area contributed by atoms with Crippen molar-refractivity contribution in [3.8, 4) is 0 Å². The number of hydrogen-bond donors (Lipinski definition) is 1. The lowest BCUT2D eigenvalue weighted by Gasteiger charge is -2.17. The molecule has 0 aliphatic heterocycles. The van der Waals surface area contributed by atoms with Crippen LogP contribution in [-0.2, 0) is 6.42 Å². The first-order chi connectivity index (χ1) is 8.99. The number of aryl methyl sites for hydroxylation is 4. The Kier molecular flexibility index (Phi) is 4.06. The lowest BCUT2D eigenvalue weighted by Crippen LogP contribution is -2.06. The predicted molar refractivity (Wildman–Crippen MR) is 80.5 cm³/mol. The van der Waals surface area contributed by atoms with E-state index in [1.54, 1.807) is 0 Å². The largest absolute Gasteiger partial charge is 0.388 e. The van der Waals surface area contributed by atoms with Crippen molar-refractivity contribution >= 4 is 0 Å². The molecule has 1 N–H and O–H groups in total. The maximum absolute atomic E-state index is 10.5. The summed E-state index contributed by atoms with van der Waals surface area (Å²) in [6.07, 6.45) is 0.254. The van der Waals surface area contributed by atoms with E-state index >= 15 is 0 Å². The lowest BCUT2D eigenvalue weighted by atomic mass is 9.92. The summed E-state index contributed by atoms with van der Waals surface area (Å²) < 4.78 is 0. The van der Waals surface area contributed by atoms with E-state index < -0.39 is 6.10 Å². The Balaban J connectivity index is 2.29. The second kappa shape index (κ2) is 5.58. The molecule has 0 fully saturated rings. The van der Waals surface area contributed by atoms with E-state index in [9.17, 15) is 5.11 Å². The van der Waals surface area contributed by atoms with Crippen LogP contribution in [0.3, 0.4) is 0 Å². The topological polar surface area (TPSA) is 20.2 Å². The Hall–Kier alpha value is -1.60. The molecule has 2 aromatic carbocycles. The Morgan fingerprint density at radius 3 is 2.05 bits per heavy atom. The second-order valence-corrected chi connectivity index (χ2v) is 5.45. The predicted octanol–water partition coefficient (Wildman–Crippen LogP) is 4.20. The normalized spacial score (nSPS) is 12.5. The molecule has 0 aliphatic rings. The van der Waals surface area contributed by atoms with Crippen LogP contribution in [0.1, 0.15) is 39.5 Å². The highest BCUT2D eigenvalue weighted by atomic mass is 16.3. The molecule has 100 valence electrons. The van der Waals surface area contributed by atoms with Gasteiger partial charge in [-0.1, -0.05) is 42.0 Å². The summed E-state index contributed by atoms with van der Waals surface area (Å²) in [5.74, 6) is 0. The van der Waals surface area contributed by atoms with Crippen LogP contribution in [0.15, 0.2) is 36.4 Å². The summed E-state index contributed by atoms with van der Waals surface area (Å²) >= 11 is 0. The Morgan fingerprint density at radius 1 is 0.895 bits per heavy atom. The highest BCUT2D eigenvalue weighted by Crippen LogP contribution is 2.25. The van der Waals surface area contributed by atoms with Crippen LogP contribution >= 0.6 is 0 Å². The van der Waals surface area contributed by atoms with Crippen molar-refractivity contribution in [2.45, 2.75) is 40.2 Å². The zero-order chi connectivity index (χ0) is 14.0. The van der Waals surface area contributed by atoms with Gasteiger partial charge < -0.3 is 5.11 Å². The molecule has 0 aliphatic carbocycles. The Morgan fingerprint density at radius 2 is 1.47 bits per heavy atom. The number of rotatable bonds is 3. The van der Waals surface area contributed by atoms with Gasteiger partial charge in [0, 0.05) is 6.42 Å². The van der Waals surface area contributed by atoms with Crippen molar-refractivity contribution in [3.63, 3.8) is 0 Å². The van der Waals surface area contributed by atoms with Crippen molar-refractivity contribution in [2.24, 2.45) is 0 Å². The number of benzene rings is 2. The maximum atomic E-state index is 10.5. The molecular formula is C18H22O. The SMILES string of the molecule is Cc1cc(C)c(CC(O)c2ccccc2C)c(C)c1. The summed E-state index contributed by atoms with van der Waals surface area (Å²) in [5.41, 5.74) is 7.26. The standard InChI is InChI=1S/C18H22O/c1-12-9-14(3)17(15(4)10-12)11-18(19)16-8-6-5-7-13(16)2/h5-10,18-19H,11H2,1-4H3. The van der Waals surface area contributed by atoms with Gasteiger partial charge in [-0.15, -0.1) is 0 Å². The smallest absolute Gasteiger partial charge is 0.0833 e. The molecule has 0 amide bonds. The van der Waals surface area contributed by atoms with Gasteiger partial charge in [-0.2, -0.15) is 0 Å². The van der Waals surface area contributed by atoms with Crippen molar-refractivity contribution in [1.82, 2.24) is 0 Å². The molecule has 2 rings (SSSR count).